The third-order valence-electron chi connectivity index (χ3n) is 3.22. The number of ether oxygens (including phenoxy) is 2. The number of phenols is 1. The van der Waals surface area contributed by atoms with Crippen LogP contribution in [0.25, 0.3) is 6.08 Å². The van der Waals surface area contributed by atoms with E-state index in [0.29, 0.717) is 27.1 Å². The highest BCUT2D eigenvalue weighted by molar-refractivity contribution is 8.26. The standard InChI is InChI=1S/C16H17NO5S2/c1-3-22-12-8-10(4-5-11(12)18)9-13-15(20)17(16(23)24-13)7-6-14(19)21-2/h4-5,8-9,18H,3,6-7H2,1-2H3. The number of carbonyl (C=O) groups excluding carboxylic acids is 2. The summed E-state index contributed by atoms with van der Waals surface area (Å²) < 4.78 is 10.3. The number of amides is 1. The molecule has 0 radical (unpaired) electrons. The van der Waals surface area contributed by atoms with Crippen molar-refractivity contribution >= 4 is 46.3 Å². The lowest BCUT2D eigenvalue weighted by Gasteiger charge is -2.13. The summed E-state index contributed by atoms with van der Waals surface area (Å²) in [4.78, 5) is 25.5. The minimum atomic E-state index is -0.395. The van der Waals surface area contributed by atoms with Gasteiger partial charge in [0.2, 0.25) is 0 Å². The number of thiocarbonyl (C=S) groups is 1. The fourth-order valence-corrected chi connectivity index (χ4v) is 3.35. The van der Waals surface area contributed by atoms with E-state index in [1.54, 1.807) is 18.2 Å². The highest BCUT2D eigenvalue weighted by atomic mass is 32.2. The summed E-state index contributed by atoms with van der Waals surface area (Å²) >= 11 is 6.37. The Labute approximate surface area is 149 Å². The molecule has 1 aliphatic heterocycles. The molecule has 6 nitrogen and oxygen atoms in total. The number of nitrogens with zero attached hydrogens (tertiary/aromatic N) is 1. The molecule has 1 aromatic carbocycles. The molecule has 1 aliphatic rings. The van der Waals surface area contributed by atoms with Gasteiger partial charge in [0.15, 0.2) is 11.5 Å². The quantitative estimate of drug-likeness (QED) is 0.470. The Morgan fingerprint density at radius 3 is 2.88 bits per heavy atom. The molecule has 0 aromatic heterocycles. The first-order chi connectivity index (χ1) is 11.5. The van der Waals surface area contributed by atoms with Crippen LogP contribution in [0.4, 0.5) is 0 Å². The molecule has 0 saturated carbocycles. The van der Waals surface area contributed by atoms with E-state index in [-0.39, 0.29) is 24.6 Å². The van der Waals surface area contributed by atoms with Crippen molar-refractivity contribution in [3.05, 3.63) is 28.7 Å². The van der Waals surface area contributed by atoms with Gasteiger partial charge in [0.25, 0.3) is 5.91 Å². The van der Waals surface area contributed by atoms with Crippen molar-refractivity contribution in [2.75, 3.05) is 20.3 Å². The van der Waals surface area contributed by atoms with Gasteiger partial charge in [0, 0.05) is 6.54 Å². The van der Waals surface area contributed by atoms with Crippen molar-refractivity contribution in [3.63, 3.8) is 0 Å². The number of phenolic OH excluding ortho intramolecular Hbond substituents is 1. The molecule has 0 unspecified atom stereocenters. The average molecular weight is 367 g/mol. The highest BCUT2D eigenvalue weighted by Gasteiger charge is 2.32. The average Bonchev–Trinajstić information content (AvgIpc) is 2.82. The SMILES string of the molecule is CCOc1cc(C=C2SC(=S)N(CCC(=O)OC)C2=O)ccc1O. The monoisotopic (exact) mass is 367 g/mol. The number of hydrogen-bond acceptors (Lipinski definition) is 7. The van der Waals surface area contributed by atoms with Gasteiger partial charge in [0.05, 0.1) is 25.0 Å². The van der Waals surface area contributed by atoms with Gasteiger partial charge in [-0.2, -0.15) is 0 Å². The van der Waals surface area contributed by atoms with Crippen LogP contribution in [0.3, 0.4) is 0 Å². The van der Waals surface area contributed by atoms with Crippen LogP contribution in [-0.4, -0.2) is 46.5 Å². The van der Waals surface area contributed by atoms with Gasteiger partial charge < -0.3 is 14.6 Å². The first kappa shape index (κ1) is 18.3. The van der Waals surface area contributed by atoms with Gasteiger partial charge >= 0.3 is 5.97 Å². The van der Waals surface area contributed by atoms with Gasteiger partial charge in [-0.1, -0.05) is 30.0 Å². The van der Waals surface area contributed by atoms with Crippen LogP contribution in [0.15, 0.2) is 23.1 Å². The Balaban J connectivity index is 2.16. The largest absolute Gasteiger partial charge is 0.504 e. The van der Waals surface area contributed by atoms with Gasteiger partial charge in [-0.15, -0.1) is 0 Å². The molecule has 1 aromatic rings. The number of methoxy groups -OCH3 is 1. The Morgan fingerprint density at radius 2 is 2.21 bits per heavy atom. The van der Waals surface area contributed by atoms with Crippen molar-refractivity contribution in [1.29, 1.82) is 0 Å². The number of benzene rings is 1. The van der Waals surface area contributed by atoms with Crippen LogP contribution in [0.2, 0.25) is 0 Å². The maximum absolute atomic E-state index is 12.4. The van der Waals surface area contributed by atoms with Gasteiger partial charge in [-0.25, -0.2) is 0 Å². The predicted octanol–water partition coefficient (Wildman–Crippen LogP) is 2.56. The lowest BCUT2D eigenvalue weighted by Crippen LogP contribution is -2.30. The van der Waals surface area contributed by atoms with Crippen LogP contribution in [-0.2, 0) is 14.3 Å². The zero-order valence-corrected chi connectivity index (χ0v) is 14.9. The van der Waals surface area contributed by atoms with E-state index >= 15 is 0 Å². The Morgan fingerprint density at radius 1 is 1.46 bits per heavy atom. The Kier molecular flexibility index (Phi) is 6.22. The molecule has 0 spiro atoms. The van der Waals surface area contributed by atoms with E-state index in [2.05, 4.69) is 4.74 Å². The maximum atomic E-state index is 12.4. The molecule has 8 heteroatoms. The Hall–Kier alpha value is -2.06. The van der Waals surface area contributed by atoms with Crippen LogP contribution in [0.1, 0.15) is 18.9 Å². The lowest BCUT2D eigenvalue weighted by molar-refractivity contribution is -0.140. The van der Waals surface area contributed by atoms with Gasteiger partial charge in [0.1, 0.15) is 4.32 Å². The summed E-state index contributed by atoms with van der Waals surface area (Å²) in [5.41, 5.74) is 0.713. The van der Waals surface area contributed by atoms with E-state index < -0.39 is 5.97 Å². The fraction of sp³-hybridized carbons (Fsp3) is 0.312. The number of carbonyl (C=O) groups is 2. The summed E-state index contributed by atoms with van der Waals surface area (Å²) in [6.45, 7) is 2.43. The van der Waals surface area contributed by atoms with E-state index in [0.717, 1.165) is 0 Å². The van der Waals surface area contributed by atoms with Crippen molar-refractivity contribution in [2.45, 2.75) is 13.3 Å². The Bertz CT molecular complexity index is 702. The summed E-state index contributed by atoms with van der Waals surface area (Å²) in [5.74, 6) is -0.250. The zero-order valence-electron chi connectivity index (χ0n) is 13.3. The minimum absolute atomic E-state index is 0.0413. The van der Waals surface area contributed by atoms with Crippen LogP contribution in [0, 0.1) is 0 Å². The molecule has 1 N–H and O–H groups in total. The van der Waals surface area contributed by atoms with Crippen LogP contribution >= 0.6 is 24.0 Å². The van der Waals surface area contributed by atoms with Crippen molar-refractivity contribution < 1.29 is 24.2 Å². The molecular weight excluding hydrogens is 350 g/mol. The first-order valence-electron chi connectivity index (χ1n) is 7.24. The third kappa shape index (κ3) is 4.27. The van der Waals surface area contributed by atoms with Crippen molar-refractivity contribution in [1.82, 2.24) is 4.90 Å². The van der Waals surface area contributed by atoms with Crippen LogP contribution < -0.4 is 4.74 Å². The van der Waals surface area contributed by atoms with Crippen molar-refractivity contribution in [3.8, 4) is 11.5 Å². The number of hydrogen-bond donors (Lipinski definition) is 1. The molecule has 0 bridgehead atoms. The molecule has 1 heterocycles. The first-order valence-corrected chi connectivity index (χ1v) is 8.46. The molecule has 0 aliphatic carbocycles. The van der Waals surface area contributed by atoms with E-state index in [9.17, 15) is 14.7 Å². The van der Waals surface area contributed by atoms with Crippen LogP contribution in [0.5, 0.6) is 11.5 Å². The van der Waals surface area contributed by atoms with E-state index in [1.807, 2.05) is 6.92 Å². The molecule has 1 saturated heterocycles. The number of thioether (sulfide) groups is 1. The van der Waals surface area contributed by atoms with E-state index in [4.69, 9.17) is 17.0 Å². The predicted molar refractivity (Wildman–Crippen MR) is 95.8 cm³/mol. The van der Waals surface area contributed by atoms with Gasteiger partial charge in [-0.3, -0.25) is 14.5 Å². The normalized spacial score (nSPS) is 15.9. The lowest BCUT2D eigenvalue weighted by atomic mass is 10.2. The molecule has 0 atom stereocenters. The third-order valence-corrected chi connectivity index (χ3v) is 4.60. The topological polar surface area (TPSA) is 76.1 Å². The molecule has 2 rings (SSSR count). The summed E-state index contributed by atoms with van der Waals surface area (Å²) in [6.07, 6.45) is 1.77. The maximum Gasteiger partial charge on any atom is 0.307 e. The number of aromatic hydroxyl groups is 1. The summed E-state index contributed by atoms with van der Waals surface area (Å²) in [5, 5.41) is 9.72. The van der Waals surface area contributed by atoms with Crippen molar-refractivity contribution in [2.24, 2.45) is 0 Å². The summed E-state index contributed by atoms with van der Waals surface area (Å²) in [7, 11) is 1.30. The zero-order chi connectivity index (χ0) is 17.7. The fourth-order valence-electron chi connectivity index (χ4n) is 2.04. The second-order valence-electron chi connectivity index (χ2n) is 4.82. The minimum Gasteiger partial charge on any atom is -0.504 e. The molecule has 24 heavy (non-hydrogen) atoms. The molecule has 1 fully saturated rings. The highest BCUT2D eigenvalue weighted by Crippen LogP contribution is 2.34. The molecule has 128 valence electrons. The second-order valence-corrected chi connectivity index (χ2v) is 6.50. The smallest absolute Gasteiger partial charge is 0.307 e. The molecule has 1 amide bonds. The van der Waals surface area contributed by atoms with Gasteiger partial charge in [-0.05, 0) is 30.7 Å². The number of rotatable bonds is 6. The summed E-state index contributed by atoms with van der Waals surface area (Å²) in [6, 6.07) is 4.84. The second kappa shape index (κ2) is 8.16. The molecular formula is C16H17NO5S2. The van der Waals surface area contributed by atoms with E-state index in [1.165, 1.54) is 29.8 Å². The number of esters is 1.